The van der Waals surface area contributed by atoms with Crippen LogP contribution in [0.1, 0.15) is 59.8 Å². The molecule has 1 aromatic heterocycles. The Balaban J connectivity index is 1.36. The van der Waals surface area contributed by atoms with Crippen molar-refractivity contribution in [1.29, 1.82) is 5.26 Å². The van der Waals surface area contributed by atoms with Crippen molar-refractivity contribution < 1.29 is 42.1 Å². The first-order chi connectivity index (χ1) is 21.3. The SMILES string of the molecule is C[C@]1(C(N)=O)COc2c1cc(C(O)(CNC(=O)c1ccc(OC3CC3)c(OC3CC3)c1)C(F)(F)F)nc2-c1ccc(C#N)cc1. The third-order valence-electron chi connectivity index (χ3n) is 8.14. The van der Waals surface area contributed by atoms with Crippen LogP contribution in [0.4, 0.5) is 13.2 Å². The lowest BCUT2D eigenvalue weighted by atomic mass is 9.81. The standard InChI is InChI=1S/C32H29F3N4O6/c1-30(29(37)41)16-43-27-22(30)13-25(39-26(27)18-4-2-17(14-36)3-5-18)31(42,32(33,34)35)15-38-28(40)19-6-11-23(44-20-7-8-20)24(12-19)45-21-9-10-21/h2-6,11-13,20-21,42H,7-10,15-16H2,1H3,(H2,37,41)(H,38,40)/t30-,31?/m0/s1. The molecule has 3 aliphatic rings. The van der Waals surface area contributed by atoms with Crippen molar-refractivity contribution in [2.75, 3.05) is 13.2 Å². The lowest BCUT2D eigenvalue weighted by Gasteiger charge is -2.31. The zero-order chi connectivity index (χ0) is 32.1. The number of hydrogen-bond acceptors (Lipinski definition) is 8. The Morgan fingerprint density at radius 3 is 2.31 bits per heavy atom. The number of amides is 2. The van der Waals surface area contributed by atoms with Gasteiger partial charge in [-0.15, -0.1) is 0 Å². The fraction of sp³-hybridized carbons (Fsp3) is 0.375. The van der Waals surface area contributed by atoms with Gasteiger partial charge in [0, 0.05) is 16.7 Å². The first-order valence-electron chi connectivity index (χ1n) is 14.4. The monoisotopic (exact) mass is 622 g/mol. The molecule has 2 fully saturated rings. The molecule has 2 heterocycles. The second kappa shape index (κ2) is 11.0. The highest BCUT2D eigenvalue weighted by atomic mass is 19.4. The maximum atomic E-state index is 14.7. The van der Waals surface area contributed by atoms with Gasteiger partial charge >= 0.3 is 6.18 Å². The summed E-state index contributed by atoms with van der Waals surface area (Å²) in [5, 5.41) is 22.7. The fourth-order valence-corrected chi connectivity index (χ4v) is 4.91. The number of pyridine rings is 1. The number of halogens is 3. The highest BCUT2D eigenvalue weighted by molar-refractivity contribution is 5.95. The van der Waals surface area contributed by atoms with Crippen LogP contribution >= 0.6 is 0 Å². The average Bonchev–Trinajstić information content (AvgIpc) is 3.96. The smallest absolute Gasteiger partial charge is 0.424 e. The summed E-state index contributed by atoms with van der Waals surface area (Å²) in [6.45, 7) is -0.153. The number of nitrogens with zero attached hydrogens (tertiary/aromatic N) is 2. The van der Waals surface area contributed by atoms with Crippen molar-refractivity contribution in [3.05, 3.63) is 70.9 Å². The molecule has 2 atom stereocenters. The number of aliphatic hydroxyl groups is 1. The van der Waals surface area contributed by atoms with Gasteiger partial charge in [0.25, 0.3) is 5.91 Å². The molecular formula is C32H29F3N4O6. The highest BCUT2D eigenvalue weighted by Gasteiger charge is 2.57. The van der Waals surface area contributed by atoms with Crippen molar-refractivity contribution in [2.45, 2.75) is 62.0 Å². The summed E-state index contributed by atoms with van der Waals surface area (Å²) in [6, 6.07) is 13.0. The number of carbonyl (C=O) groups excluding carboxylic acids is 2. The number of fused-ring (bicyclic) bond motifs is 1. The average molecular weight is 623 g/mol. The second-order valence-corrected chi connectivity index (χ2v) is 11.7. The van der Waals surface area contributed by atoms with E-state index in [1.807, 2.05) is 6.07 Å². The van der Waals surface area contributed by atoms with Crippen LogP contribution in [0.25, 0.3) is 11.3 Å². The van der Waals surface area contributed by atoms with Crippen molar-refractivity contribution in [1.82, 2.24) is 10.3 Å². The van der Waals surface area contributed by atoms with Gasteiger partial charge < -0.3 is 30.4 Å². The van der Waals surface area contributed by atoms with Gasteiger partial charge in [-0.1, -0.05) is 12.1 Å². The summed E-state index contributed by atoms with van der Waals surface area (Å²) in [5.74, 6) is -0.956. The van der Waals surface area contributed by atoms with E-state index in [1.54, 1.807) is 0 Å². The largest absolute Gasteiger partial charge is 0.489 e. The number of benzene rings is 2. The Bertz CT molecular complexity index is 1720. The Hall–Kier alpha value is -4.83. The molecule has 0 radical (unpaired) electrons. The van der Waals surface area contributed by atoms with Crippen LogP contribution in [0.3, 0.4) is 0 Å². The zero-order valence-corrected chi connectivity index (χ0v) is 24.1. The molecule has 1 unspecified atom stereocenters. The molecule has 45 heavy (non-hydrogen) atoms. The first kappa shape index (κ1) is 30.2. The van der Waals surface area contributed by atoms with Crippen LogP contribution in [-0.2, 0) is 15.8 Å². The van der Waals surface area contributed by atoms with E-state index in [-0.39, 0.29) is 46.9 Å². The lowest BCUT2D eigenvalue weighted by Crippen LogP contribution is -2.51. The Morgan fingerprint density at radius 2 is 1.73 bits per heavy atom. The van der Waals surface area contributed by atoms with Crippen LogP contribution in [-0.4, -0.2) is 53.4 Å². The van der Waals surface area contributed by atoms with E-state index in [2.05, 4.69) is 10.3 Å². The Labute approximate surface area is 255 Å². The number of ether oxygens (including phenoxy) is 3. The molecule has 234 valence electrons. The molecule has 0 saturated heterocycles. The molecule has 2 amide bonds. The summed E-state index contributed by atoms with van der Waals surface area (Å²) in [4.78, 5) is 29.8. The Kier molecular flexibility index (Phi) is 7.35. The first-order valence-corrected chi connectivity index (χ1v) is 14.4. The van der Waals surface area contributed by atoms with Crippen LogP contribution in [0.2, 0.25) is 0 Å². The molecular weight excluding hydrogens is 593 g/mol. The number of alkyl halides is 3. The number of aromatic nitrogens is 1. The van der Waals surface area contributed by atoms with Crippen molar-refractivity contribution in [3.63, 3.8) is 0 Å². The minimum Gasteiger partial charge on any atom is -0.489 e. The summed E-state index contributed by atoms with van der Waals surface area (Å²) >= 11 is 0. The molecule has 1 aliphatic heterocycles. The maximum absolute atomic E-state index is 14.7. The van der Waals surface area contributed by atoms with Crippen molar-refractivity contribution >= 4 is 11.8 Å². The van der Waals surface area contributed by atoms with Gasteiger partial charge in [0.1, 0.15) is 23.5 Å². The molecule has 2 saturated carbocycles. The summed E-state index contributed by atoms with van der Waals surface area (Å²) in [5.41, 5.74) is 0.000630. The van der Waals surface area contributed by atoms with Crippen LogP contribution < -0.4 is 25.3 Å². The number of nitriles is 1. The van der Waals surface area contributed by atoms with E-state index in [0.29, 0.717) is 17.1 Å². The van der Waals surface area contributed by atoms with Crippen molar-refractivity contribution in [3.8, 4) is 34.6 Å². The van der Waals surface area contributed by atoms with E-state index in [0.717, 1.165) is 31.7 Å². The van der Waals surface area contributed by atoms with E-state index in [1.165, 1.54) is 49.4 Å². The molecule has 6 rings (SSSR count). The quantitative estimate of drug-likeness (QED) is 0.306. The van der Waals surface area contributed by atoms with Gasteiger partial charge in [0.2, 0.25) is 11.5 Å². The van der Waals surface area contributed by atoms with E-state index in [4.69, 9.17) is 25.2 Å². The van der Waals surface area contributed by atoms with Gasteiger partial charge in [-0.2, -0.15) is 18.4 Å². The number of hydrogen-bond donors (Lipinski definition) is 3. The highest BCUT2D eigenvalue weighted by Crippen LogP contribution is 2.48. The molecule has 13 heteroatoms. The number of nitrogens with one attached hydrogen (secondary N) is 1. The van der Waals surface area contributed by atoms with Gasteiger partial charge in [-0.25, -0.2) is 4.98 Å². The molecule has 4 N–H and O–H groups in total. The van der Waals surface area contributed by atoms with E-state index < -0.39 is 41.2 Å². The summed E-state index contributed by atoms with van der Waals surface area (Å²) < 4.78 is 61.7. The van der Waals surface area contributed by atoms with Gasteiger partial charge in [-0.3, -0.25) is 9.59 Å². The zero-order valence-electron chi connectivity index (χ0n) is 24.1. The number of carbonyl (C=O) groups is 2. The number of nitrogens with two attached hydrogens (primary N) is 1. The van der Waals surface area contributed by atoms with Gasteiger partial charge in [-0.05, 0) is 69.0 Å². The number of rotatable bonds is 10. The molecule has 0 bridgehead atoms. The third-order valence-corrected chi connectivity index (χ3v) is 8.14. The van der Waals surface area contributed by atoms with Gasteiger partial charge in [0.15, 0.2) is 11.5 Å². The summed E-state index contributed by atoms with van der Waals surface area (Å²) in [6.07, 6.45) is -1.80. The lowest BCUT2D eigenvalue weighted by molar-refractivity contribution is -0.265. The van der Waals surface area contributed by atoms with Crippen LogP contribution in [0.5, 0.6) is 17.2 Å². The van der Waals surface area contributed by atoms with Crippen molar-refractivity contribution in [2.24, 2.45) is 5.73 Å². The van der Waals surface area contributed by atoms with Crippen LogP contribution in [0.15, 0.2) is 48.5 Å². The molecule has 3 aromatic rings. The topological polar surface area (TPSA) is 157 Å². The molecule has 2 aromatic carbocycles. The normalized spacial score (nSPS) is 20.3. The fourth-order valence-electron chi connectivity index (χ4n) is 4.91. The number of primary amides is 1. The molecule has 10 nitrogen and oxygen atoms in total. The second-order valence-electron chi connectivity index (χ2n) is 11.7. The predicted molar refractivity (Wildman–Crippen MR) is 152 cm³/mol. The maximum Gasteiger partial charge on any atom is 0.424 e. The van der Waals surface area contributed by atoms with E-state index in [9.17, 15) is 27.9 Å². The Morgan fingerprint density at radius 1 is 1.09 bits per heavy atom. The summed E-state index contributed by atoms with van der Waals surface area (Å²) in [7, 11) is 0. The molecule has 2 aliphatic carbocycles. The molecule has 0 spiro atoms. The predicted octanol–water partition coefficient (Wildman–Crippen LogP) is 4.02. The minimum atomic E-state index is -5.33. The van der Waals surface area contributed by atoms with Gasteiger partial charge in [0.05, 0.1) is 36.1 Å². The van der Waals surface area contributed by atoms with Crippen LogP contribution in [0, 0.1) is 11.3 Å². The van der Waals surface area contributed by atoms with E-state index >= 15 is 0 Å². The minimum absolute atomic E-state index is 0.00137. The third kappa shape index (κ3) is 5.73.